The van der Waals surface area contributed by atoms with E-state index in [-0.39, 0.29) is 10.7 Å². The van der Waals surface area contributed by atoms with Crippen LogP contribution in [0.2, 0.25) is 5.02 Å². The molecule has 1 aromatic rings. The van der Waals surface area contributed by atoms with Crippen molar-refractivity contribution in [3.05, 3.63) is 28.8 Å². The number of hydrogen-bond donors (Lipinski definition) is 2. The van der Waals surface area contributed by atoms with Crippen molar-refractivity contribution in [1.29, 1.82) is 0 Å². The van der Waals surface area contributed by atoms with Gasteiger partial charge in [0.15, 0.2) is 0 Å². The Balaban J connectivity index is 2.80. The van der Waals surface area contributed by atoms with Crippen LogP contribution in [0.3, 0.4) is 0 Å². The molecule has 7 heteroatoms. The van der Waals surface area contributed by atoms with E-state index < -0.39 is 17.8 Å². The average molecular weight is 309 g/mol. The second-order valence-corrected chi connectivity index (χ2v) is 4.80. The molecule has 1 rings (SSSR count). The lowest BCUT2D eigenvalue weighted by molar-refractivity contribution is -0.137. The first-order valence-electron chi connectivity index (χ1n) is 6.11. The van der Waals surface area contributed by atoms with Gasteiger partial charge >= 0.3 is 6.18 Å². The van der Waals surface area contributed by atoms with Gasteiger partial charge in [-0.15, -0.1) is 0 Å². The summed E-state index contributed by atoms with van der Waals surface area (Å²) in [6.45, 7) is 0.732. The van der Waals surface area contributed by atoms with Crippen molar-refractivity contribution in [3.63, 3.8) is 0 Å². The summed E-state index contributed by atoms with van der Waals surface area (Å²) in [6.07, 6.45) is -2.52. The molecule has 0 amide bonds. The molecule has 1 unspecified atom stereocenters. The van der Waals surface area contributed by atoms with E-state index in [4.69, 9.17) is 11.6 Å². The monoisotopic (exact) mass is 308 g/mol. The summed E-state index contributed by atoms with van der Waals surface area (Å²) >= 11 is 5.67. The van der Waals surface area contributed by atoms with Crippen LogP contribution < -0.4 is 10.6 Å². The highest BCUT2D eigenvalue weighted by Crippen LogP contribution is 2.33. The molecule has 1 atom stereocenters. The summed E-state index contributed by atoms with van der Waals surface area (Å²) in [6, 6.07) is 2.62. The number of hydrogen-bond acceptors (Lipinski definition) is 3. The van der Waals surface area contributed by atoms with Crippen LogP contribution in [-0.4, -0.2) is 25.9 Å². The minimum absolute atomic E-state index is 0.0257. The Morgan fingerprint density at radius 2 is 2.05 bits per heavy atom. The van der Waals surface area contributed by atoms with Crippen LogP contribution >= 0.6 is 11.6 Å². The first-order valence-corrected chi connectivity index (χ1v) is 6.49. The largest absolute Gasteiger partial charge is 0.416 e. The highest BCUT2D eigenvalue weighted by molar-refractivity contribution is 6.30. The van der Waals surface area contributed by atoms with E-state index in [1.165, 1.54) is 6.07 Å². The summed E-state index contributed by atoms with van der Waals surface area (Å²) in [5.74, 6) is 0. The van der Waals surface area contributed by atoms with Gasteiger partial charge in [-0.3, -0.25) is 0 Å². The van der Waals surface area contributed by atoms with Gasteiger partial charge < -0.3 is 15.4 Å². The van der Waals surface area contributed by atoms with Gasteiger partial charge in [-0.2, -0.15) is 13.2 Å². The number of nitrogens with one attached hydrogen (secondary N) is 2. The Labute approximate surface area is 120 Å². The molecule has 0 saturated carbocycles. The smallest absolute Gasteiger partial charge is 0.375 e. The van der Waals surface area contributed by atoms with Crippen molar-refractivity contribution in [2.45, 2.75) is 25.1 Å². The van der Waals surface area contributed by atoms with Crippen molar-refractivity contribution in [2.75, 3.05) is 18.9 Å². The molecule has 0 radical (unpaired) electrons. The molecular weight excluding hydrogens is 293 g/mol. The quantitative estimate of drug-likeness (QED) is 0.599. The molecule has 0 heterocycles. The molecule has 0 fully saturated rings. The number of rotatable bonds is 7. The molecular formula is C13H16ClF3N2O. The Morgan fingerprint density at radius 3 is 2.60 bits per heavy atom. The summed E-state index contributed by atoms with van der Waals surface area (Å²) in [7, 11) is 1.79. The topological polar surface area (TPSA) is 41.1 Å². The van der Waals surface area contributed by atoms with E-state index in [1.807, 2.05) is 0 Å². The van der Waals surface area contributed by atoms with E-state index in [2.05, 4.69) is 10.6 Å². The van der Waals surface area contributed by atoms with Crippen molar-refractivity contribution < 1.29 is 18.0 Å². The minimum atomic E-state index is -4.47. The van der Waals surface area contributed by atoms with Gasteiger partial charge in [0.05, 0.1) is 11.6 Å². The van der Waals surface area contributed by atoms with Crippen LogP contribution in [0.1, 0.15) is 18.4 Å². The molecule has 0 spiro atoms. The lowest BCUT2D eigenvalue weighted by atomic mass is 10.1. The Morgan fingerprint density at radius 1 is 1.35 bits per heavy atom. The third-order valence-electron chi connectivity index (χ3n) is 2.68. The van der Waals surface area contributed by atoms with Gasteiger partial charge in [0.25, 0.3) is 0 Å². The standard InChI is InChI=1S/C13H16ClF3N2O/c1-18-4-2-3-11(8-20)19-12-6-9(13(15,16)17)5-10(14)7-12/h5-8,11,18-19H,2-4H2,1H3. The van der Waals surface area contributed by atoms with E-state index in [9.17, 15) is 18.0 Å². The van der Waals surface area contributed by atoms with Gasteiger partial charge in [0, 0.05) is 10.7 Å². The highest BCUT2D eigenvalue weighted by Gasteiger charge is 2.31. The van der Waals surface area contributed by atoms with Gasteiger partial charge in [-0.25, -0.2) is 0 Å². The third-order valence-corrected chi connectivity index (χ3v) is 2.90. The molecule has 0 saturated heterocycles. The average Bonchev–Trinajstić information content (AvgIpc) is 2.36. The number of halogens is 4. The van der Waals surface area contributed by atoms with Gasteiger partial charge in [-0.1, -0.05) is 11.6 Å². The van der Waals surface area contributed by atoms with Crippen LogP contribution in [0.15, 0.2) is 18.2 Å². The van der Waals surface area contributed by atoms with Gasteiger partial charge in [0.2, 0.25) is 0 Å². The van der Waals surface area contributed by atoms with E-state index in [0.717, 1.165) is 25.1 Å². The molecule has 112 valence electrons. The number of carbonyl (C=O) groups is 1. The molecule has 0 aliphatic heterocycles. The summed E-state index contributed by atoms with van der Waals surface area (Å²) in [4.78, 5) is 10.9. The molecule has 0 aliphatic carbocycles. The Kier molecular flexibility index (Phi) is 6.29. The molecule has 20 heavy (non-hydrogen) atoms. The predicted molar refractivity (Wildman–Crippen MR) is 73.1 cm³/mol. The van der Waals surface area contributed by atoms with E-state index >= 15 is 0 Å². The first-order chi connectivity index (χ1) is 9.36. The molecule has 2 N–H and O–H groups in total. The zero-order valence-electron chi connectivity index (χ0n) is 10.9. The lowest BCUT2D eigenvalue weighted by Gasteiger charge is -2.16. The number of carbonyl (C=O) groups excluding carboxylic acids is 1. The second-order valence-electron chi connectivity index (χ2n) is 4.36. The van der Waals surface area contributed by atoms with E-state index in [1.54, 1.807) is 7.05 Å². The molecule has 1 aromatic carbocycles. The maximum atomic E-state index is 12.7. The predicted octanol–water partition coefficient (Wildman–Crippen LogP) is 3.34. The number of aldehydes is 1. The van der Waals surface area contributed by atoms with Crippen molar-refractivity contribution in [3.8, 4) is 0 Å². The molecule has 3 nitrogen and oxygen atoms in total. The normalized spacial score (nSPS) is 13.1. The molecule has 0 bridgehead atoms. The maximum Gasteiger partial charge on any atom is 0.416 e. The summed E-state index contributed by atoms with van der Waals surface area (Å²) in [5, 5.41) is 5.67. The lowest BCUT2D eigenvalue weighted by Crippen LogP contribution is -2.23. The maximum absolute atomic E-state index is 12.7. The van der Waals surface area contributed by atoms with Crippen molar-refractivity contribution >= 4 is 23.6 Å². The minimum Gasteiger partial charge on any atom is -0.375 e. The number of anilines is 1. The zero-order valence-corrected chi connectivity index (χ0v) is 11.7. The first kappa shape index (κ1) is 16.8. The third kappa shape index (κ3) is 5.38. The molecule has 0 aliphatic rings. The zero-order chi connectivity index (χ0) is 15.2. The van der Waals surface area contributed by atoms with Crippen LogP contribution in [0.25, 0.3) is 0 Å². The highest BCUT2D eigenvalue weighted by atomic mass is 35.5. The summed E-state index contributed by atoms with van der Waals surface area (Å²) in [5.41, 5.74) is -0.654. The van der Waals surface area contributed by atoms with Crippen molar-refractivity contribution in [2.24, 2.45) is 0 Å². The van der Waals surface area contributed by atoms with Crippen LogP contribution in [0.4, 0.5) is 18.9 Å². The van der Waals surface area contributed by atoms with E-state index in [0.29, 0.717) is 12.7 Å². The Hall–Kier alpha value is -1.27. The van der Waals surface area contributed by atoms with Crippen LogP contribution in [0.5, 0.6) is 0 Å². The second kappa shape index (κ2) is 7.50. The fourth-order valence-corrected chi connectivity index (χ4v) is 1.96. The molecule has 0 aromatic heterocycles. The SMILES string of the molecule is CNCCCC(C=O)Nc1cc(Cl)cc(C(F)(F)F)c1. The fourth-order valence-electron chi connectivity index (χ4n) is 1.72. The number of alkyl halides is 3. The van der Waals surface area contributed by atoms with Crippen LogP contribution in [-0.2, 0) is 11.0 Å². The fraction of sp³-hybridized carbons (Fsp3) is 0.462. The summed E-state index contributed by atoms with van der Waals surface area (Å²) < 4.78 is 38.0. The van der Waals surface area contributed by atoms with Crippen LogP contribution in [0, 0.1) is 0 Å². The van der Waals surface area contributed by atoms with Gasteiger partial charge in [0.1, 0.15) is 6.29 Å². The van der Waals surface area contributed by atoms with Crippen molar-refractivity contribution in [1.82, 2.24) is 5.32 Å². The number of benzene rings is 1. The van der Waals surface area contributed by atoms with Gasteiger partial charge in [-0.05, 0) is 44.6 Å². The Bertz CT molecular complexity index is 452.